The van der Waals surface area contributed by atoms with Crippen LogP contribution in [0.1, 0.15) is 71.1 Å². The minimum atomic E-state index is 0.0399. The van der Waals surface area contributed by atoms with Crippen molar-refractivity contribution in [3.05, 3.63) is 0 Å². The van der Waals surface area contributed by atoms with Crippen molar-refractivity contribution in [2.24, 2.45) is 11.8 Å². The molecule has 0 aromatic carbocycles. The van der Waals surface area contributed by atoms with Crippen LogP contribution in [-0.2, 0) is 4.79 Å². The van der Waals surface area contributed by atoms with Crippen LogP contribution in [0.15, 0.2) is 0 Å². The predicted octanol–water partition coefficient (Wildman–Crippen LogP) is 4.42. The second kappa shape index (κ2) is 7.10. The van der Waals surface area contributed by atoms with Gasteiger partial charge in [0.1, 0.15) is 0 Å². The number of rotatable bonds is 4. The van der Waals surface area contributed by atoms with Gasteiger partial charge in [0, 0.05) is 17.3 Å². The van der Waals surface area contributed by atoms with Crippen molar-refractivity contribution < 1.29 is 4.79 Å². The molecular formula is C16H28BrNO. The number of hydrogen-bond acceptors (Lipinski definition) is 1. The topological polar surface area (TPSA) is 29.1 Å². The van der Waals surface area contributed by atoms with Crippen LogP contribution < -0.4 is 5.32 Å². The number of nitrogens with one attached hydrogen (secondary N) is 1. The summed E-state index contributed by atoms with van der Waals surface area (Å²) in [7, 11) is 0. The molecule has 1 amide bonds. The third-order valence-electron chi connectivity index (χ3n) is 5.09. The van der Waals surface area contributed by atoms with E-state index in [1.165, 1.54) is 44.9 Å². The van der Waals surface area contributed by atoms with Crippen LogP contribution >= 0.6 is 15.9 Å². The zero-order chi connectivity index (χ0) is 13.7. The van der Waals surface area contributed by atoms with E-state index in [2.05, 4.69) is 28.2 Å². The zero-order valence-electron chi connectivity index (χ0n) is 12.2. The summed E-state index contributed by atoms with van der Waals surface area (Å²) >= 11 is 3.63. The SMILES string of the molecule is CC1CCC(CBr)(NC(=O)CC2CCCCC2)CC1. The molecule has 0 unspecified atom stereocenters. The maximum Gasteiger partial charge on any atom is 0.220 e. The first kappa shape index (κ1) is 15.3. The number of hydrogen-bond donors (Lipinski definition) is 1. The Morgan fingerprint density at radius 3 is 2.37 bits per heavy atom. The molecule has 2 aliphatic carbocycles. The van der Waals surface area contributed by atoms with E-state index < -0.39 is 0 Å². The maximum absolute atomic E-state index is 12.3. The highest BCUT2D eigenvalue weighted by Gasteiger charge is 2.34. The van der Waals surface area contributed by atoms with Gasteiger partial charge in [-0.1, -0.05) is 42.1 Å². The van der Waals surface area contributed by atoms with E-state index in [9.17, 15) is 4.79 Å². The van der Waals surface area contributed by atoms with E-state index >= 15 is 0 Å². The lowest BCUT2D eigenvalue weighted by molar-refractivity contribution is -0.124. The molecule has 0 bridgehead atoms. The summed E-state index contributed by atoms with van der Waals surface area (Å²) in [6, 6.07) is 0. The summed E-state index contributed by atoms with van der Waals surface area (Å²) in [6.07, 6.45) is 12.0. The van der Waals surface area contributed by atoms with Crippen molar-refractivity contribution in [3.63, 3.8) is 0 Å². The molecule has 2 saturated carbocycles. The molecule has 110 valence electrons. The number of alkyl halides is 1. The molecule has 2 aliphatic rings. The Bertz CT molecular complexity index is 291. The summed E-state index contributed by atoms with van der Waals surface area (Å²) in [5, 5.41) is 4.27. The molecule has 1 N–H and O–H groups in total. The van der Waals surface area contributed by atoms with E-state index in [4.69, 9.17) is 0 Å². The Balaban J connectivity index is 1.82. The van der Waals surface area contributed by atoms with E-state index in [1.807, 2.05) is 0 Å². The van der Waals surface area contributed by atoms with Gasteiger partial charge in [0.25, 0.3) is 0 Å². The molecule has 0 spiro atoms. The van der Waals surface area contributed by atoms with Gasteiger partial charge in [-0.25, -0.2) is 0 Å². The monoisotopic (exact) mass is 329 g/mol. The summed E-state index contributed by atoms with van der Waals surface area (Å²) in [4.78, 5) is 12.3. The molecule has 3 heteroatoms. The number of carbonyl (C=O) groups excluding carboxylic acids is 1. The molecule has 2 nitrogen and oxygen atoms in total. The molecule has 0 aromatic rings. The Labute approximate surface area is 126 Å². The molecule has 19 heavy (non-hydrogen) atoms. The fraction of sp³-hybridized carbons (Fsp3) is 0.938. The second-order valence-electron chi connectivity index (χ2n) is 6.85. The van der Waals surface area contributed by atoms with E-state index in [0.717, 1.165) is 30.5 Å². The summed E-state index contributed by atoms with van der Waals surface area (Å²) < 4.78 is 0. The third-order valence-corrected chi connectivity index (χ3v) is 6.16. The van der Waals surface area contributed by atoms with E-state index in [-0.39, 0.29) is 5.54 Å². The van der Waals surface area contributed by atoms with Crippen LogP contribution in [0.5, 0.6) is 0 Å². The highest BCUT2D eigenvalue weighted by molar-refractivity contribution is 9.09. The van der Waals surface area contributed by atoms with Crippen molar-refractivity contribution in [1.29, 1.82) is 0 Å². The molecule has 2 fully saturated rings. The fourth-order valence-electron chi connectivity index (χ4n) is 3.61. The van der Waals surface area contributed by atoms with Gasteiger partial charge < -0.3 is 5.32 Å². The Hall–Kier alpha value is -0.0500. The molecule has 0 radical (unpaired) electrons. The maximum atomic E-state index is 12.3. The van der Waals surface area contributed by atoms with Gasteiger partial charge in [0.2, 0.25) is 5.91 Å². The first-order valence-corrected chi connectivity index (χ1v) is 9.13. The smallest absolute Gasteiger partial charge is 0.220 e. The fourth-order valence-corrected chi connectivity index (χ4v) is 4.31. The lowest BCUT2D eigenvalue weighted by Gasteiger charge is -2.39. The third kappa shape index (κ3) is 4.47. The van der Waals surface area contributed by atoms with Gasteiger partial charge in [-0.3, -0.25) is 4.79 Å². The second-order valence-corrected chi connectivity index (χ2v) is 7.41. The predicted molar refractivity (Wildman–Crippen MR) is 83.5 cm³/mol. The molecule has 2 rings (SSSR count). The van der Waals surface area contributed by atoms with Crippen molar-refractivity contribution in [1.82, 2.24) is 5.32 Å². The van der Waals surface area contributed by atoms with Gasteiger partial charge in [0.05, 0.1) is 0 Å². The van der Waals surface area contributed by atoms with Crippen LogP contribution in [0, 0.1) is 11.8 Å². The minimum Gasteiger partial charge on any atom is -0.350 e. The van der Waals surface area contributed by atoms with Gasteiger partial charge in [-0.15, -0.1) is 0 Å². The van der Waals surface area contributed by atoms with Gasteiger partial charge in [-0.05, 0) is 50.4 Å². The Morgan fingerprint density at radius 2 is 1.79 bits per heavy atom. The van der Waals surface area contributed by atoms with Crippen molar-refractivity contribution >= 4 is 21.8 Å². The highest BCUT2D eigenvalue weighted by Crippen LogP contribution is 2.34. The van der Waals surface area contributed by atoms with Gasteiger partial charge in [0.15, 0.2) is 0 Å². The van der Waals surface area contributed by atoms with Crippen molar-refractivity contribution in [2.45, 2.75) is 76.7 Å². The quantitative estimate of drug-likeness (QED) is 0.760. The Kier molecular flexibility index (Phi) is 5.73. The van der Waals surface area contributed by atoms with Crippen LogP contribution in [0.4, 0.5) is 0 Å². The Morgan fingerprint density at radius 1 is 1.16 bits per heavy atom. The standard InChI is InChI=1S/C16H28BrNO/c1-13-7-9-16(12-17,10-8-13)18-15(19)11-14-5-3-2-4-6-14/h13-14H,2-12H2,1H3,(H,18,19). The average Bonchev–Trinajstić information content (AvgIpc) is 2.43. The largest absolute Gasteiger partial charge is 0.350 e. The number of carbonyl (C=O) groups is 1. The van der Waals surface area contributed by atoms with Crippen LogP contribution in [-0.4, -0.2) is 16.8 Å². The molecule has 0 atom stereocenters. The minimum absolute atomic E-state index is 0.0399. The molecule has 0 aromatic heterocycles. The van der Waals surface area contributed by atoms with Crippen molar-refractivity contribution in [2.75, 3.05) is 5.33 Å². The van der Waals surface area contributed by atoms with Crippen LogP contribution in [0.2, 0.25) is 0 Å². The van der Waals surface area contributed by atoms with Gasteiger partial charge >= 0.3 is 0 Å². The molecule has 0 saturated heterocycles. The highest BCUT2D eigenvalue weighted by atomic mass is 79.9. The lowest BCUT2D eigenvalue weighted by Crippen LogP contribution is -2.52. The first-order valence-electron chi connectivity index (χ1n) is 8.00. The summed E-state index contributed by atoms with van der Waals surface area (Å²) in [5.41, 5.74) is 0.0399. The normalized spacial score (nSPS) is 33.1. The summed E-state index contributed by atoms with van der Waals surface area (Å²) in [6.45, 7) is 2.32. The van der Waals surface area contributed by atoms with Gasteiger partial charge in [-0.2, -0.15) is 0 Å². The van der Waals surface area contributed by atoms with Crippen LogP contribution in [0.3, 0.4) is 0 Å². The molecule has 0 aliphatic heterocycles. The molecule has 0 heterocycles. The number of amides is 1. The van der Waals surface area contributed by atoms with Crippen molar-refractivity contribution in [3.8, 4) is 0 Å². The number of halogens is 1. The van der Waals surface area contributed by atoms with Crippen LogP contribution in [0.25, 0.3) is 0 Å². The van der Waals surface area contributed by atoms with E-state index in [1.54, 1.807) is 0 Å². The molecular weight excluding hydrogens is 302 g/mol. The average molecular weight is 330 g/mol. The van der Waals surface area contributed by atoms with E-state index in [0.29, 0.717) is 11.8 Å². The first-order chi connectivity index (χ1) is 9.13. The zero-order valence-corrected chi connectivity index (χ0v) is 13.8. The summed E-state index contributed by atoms with van der Waals surface area (Å²) in [5.74, 6) is 1.76. The lowest BCUT2D eigenvalue weighted by atomic mass is 9.78.